The molecular formula is C15H23NO. The van der Waals surface area contributed by atoms with E-state index in [4.69, 9.17) is 4.74 Å². The standard InChI is InChI=1S/C15H23NO/c1-4-11-17-15-8-6-7-14(12-15)10-9-13(3)16-5-2/h6-10,12-13,16H,4-5,11H2,1-3H3/b10-9+. The number of nitrogens with one attached hydrogen (secondary N) is 1. The average Bonchev–Trinajstić information content (AvgIpc) is 2.35. The van der Waals surface area contributed by atoms with Gasteiger partial charge in [-0.2, -0.15) is 0 Å². The zero-order valence-electron chi connectivity index (χ0n) is 11.1. The smallest absolute Gasteiger partial charge is 0.119 e. The molecule has 0 saturated carbocycles. The van der Waals surface area contributed by atoms with Crippen LogP contribution in [0.15, 0.2) is 30.3 Å². The van der Waals surface area contributed by atoms with Crippen molar-refractivity contribution in [3.8, 4) is 5.75 Å². The van der Waals surface area contributed by atoms with Crippen LogP contribution in [-0.2, 0) is 0 Å². The number of hydrogen-bond donors (Lipinski definition) is 1. The Morgan fingerprint density at radius 1 is 1.35 bits per heavy atom. The summed E-state index contributed by atoms with van der Waals surface area (Å²) in [6, 6.07) is 8.60. The van der Waals surface area contributed by atoms with E-state index < -0.39 is 0 Å². The molecule has 0 bridgehead atoms. The van der Waals surface area contributed by atoms with Gasteiger partial charge in [-0.05, 0) is 37.6 Å². The number of rotatable bonds is 7. The van der Waals surface area contributed by atoms with Crippen LogP contribution in [-0.4, -0.2) is 19.2 Å². The summed E-state index contributed by atoms with van der Waals surface area (Å²) in [6.45, 7) is 8.15. The summed E-state index contributed by atoms with van der Waals surface area (Å²) in [6.07, 6.45) is 5.34. The minimum Gasteiger partial charge on any atom is -0.494 e. The summed E-state index contributed by atoms with van der Waals surface area (Å²) in [7, 11) is 0. The van der Waals surface area contributed by atoms with Crippen LogP contribution < -0.4 is 10.1 Å². The highest BCUT2D eigenvalue weighted by atomic mass is 16.5. The second-order valence-electron chi connectivity index (χ2n) is 4.13. The van der Waals surface area contributed by atoms with Gasteiger partial charge in [-0.15, -0.1) is 0 Å². The van der Waals surface area contributed by atoms with Crippen molar-refractivity contribution in [2.75, 3.05) is 13.2 Å². The van der Waals surface area contributed by atoms with E-state index in [1.165, 1.54) is 5.56 Å². The van der Waals surface area contributed by atoms with Gasteiger partial charge in [0.2, 0.25) is 0 Å². The van der Waals surface area contributed by atoms with Crippen molar-refractivity contribution in [1.82, 2.24) is 5.32 Å². The lowest BCUT2D eigenvalue weighted by atomic mass is 10.1. The van der Waals surface area contributed by atoms with Gasteiger partial charge in [-0.3, -0.25) is 0 Å². The number of likely N-dealkylation sites (N-methyl/N-ethyl adjacent to an activating group) is 1. The Morgan fingerprint density at radius 3 is 2.88 bits per heavy atom. The Hall–Kier alpha value is -1.28. The molecule has 1 aromatic rings. The van der Waals surface area contributed by atoms with Crippen molar-refractivity contribution >= 4 is 6.08 Å². The predicted octanol–water partition coefficient (Wildman–Crippen LogP) is 3.49. The largest absolute Gasteiger partial charge is 0.494 e. The monoisotopic (exact) mass is 233 g/mol. The fourth-order valence-corrected chi connectivity index (χ4v) is 1.57. The second kappa shape index (κ2) is 7.91. The van der Waals surface area contributed by atoms with Crippen LogP contribution in [0.5, 0.6) is 5.75 Å². The Labute approximate surface area is 105 Å². The van der Waals surface area contributed by atoms with Gasteiger partial charge in [0.05, 0.1) is 6.61 Å². The first-order chi connectivity index (χ1) is 8.26. The third-order valence-corrected chi connectivity index (χ3v) is 2.43. The van der Waals surface area contributed by atoms with E-state index in [9.17, 15) is 0 Å². The first-order valence-corrected chi connectivity index (χ1v) is 6.40. The Balaban J connectivity index is 2.58. The Kier molecular flexibility index (Phi) is 6.41. The van der Waals surface area contributed by atoms with Crippen molar-refractivity contribution in [2.24, 2.45) is 0 Å². The molecule has 0 aliphatic rings. The molecule has 1 rings (SSSR count). The average molecular weight is 233 g/mol. The van der Waals surface area contributed by atoms with E-state index in [1.54, 1.807) is 0 Å². The fourth-order valence-electron chi connectivity index (χ4n) is 1.57. The summed E-state index contributed by atoms with van der Waals surface area (Å²) in [5, 5.41) is 3.35. The van der Waals surface area contributed by atoms with E-state index in [1.807, 2.05) is 12.1 Å². The number of ether oxygens (including phenoxy) is 1. The molecule has 1 aromatic carbocycles. The lowest BCUT2D eigenvalue weighted by Gasteiger charge is -2.07. The van der Waals surface area contributed by atoms with Gasteiger partial charge in [-0.1, -0.05) is 38.1 Å². The third-order valence-electron chi connectivity index (χ3n) is 2.43. The second-order valence-corrected chi connectivity index (χ2v) is 4.13. The lowest BCUT2D eigenvalue weighted by Crippen LogP contribution is -2.22. The first kappa shape index (κ1) is 13.8. The number of benzene rings is 1. The lowest BCUT2D eigenvalue weighted by molar-refractivity contribution is 0.317. The van der Waals surface area contributed by atoms with Gasteiger partial charge in [0.25, 0.3) is 0 Å². The van der Waals surface area contributed by atoms with Crippen molar-refractivity contribution in [3.05, 3.63) is 35.9 Å². The zero-order valence-corrected chi connectivity index (χ0v) is 11.1. The highest BCUT2D eigenvalue weighted by Gasteiger charge is 1.95. The van der Waals surface area contributed by atoms with Crippen LogP contribution in [0.1, 0.15) is 32.8 Å². The molecular weight excluding hydrogens is 210 g/mol. The van der Waals surface area contributed by atoms with Gasteiger partial charge in [0.15, 0.2) is 0 Å². The van der Waals surface area contributed by atoms with E-state index in [0.717, 1.165) is 25.3 Å². The van der Waals surface area contributed by atoms with Crippen molar-refractivity contribution in [2.45, 2.75) is 33.2 Å². The summed E-state index contributed by atoms with van der Waals surface area (Å²) in [4.78, 5) is 0. The summed E-state index contributed by atoms with van der Waals surface area (Å²) in [5.41, 5.74) is 1.18. The Morgan fingerprint density at radius 2 is 2.18 bits per heavy atom. The van der Waals surface area contributed by atoms with Crippen LogP contribution >= 0.6 is 0 Å². The van der Waals surface area contributed by atoms with E-state index in [2.05, 4.69) is 50.4 Å². The zero-order chi connectivity index (χ0) is 12.5. The van der Waals surface area contributed by atoms with Gasteiger partial charge >= 0.3 is 0 Å². The Bertz CT molecular complexity index is 347. The molecule has 1 N–H and O–H groups in total. The highest BCUT2D eigenvalue weighted by molar-refractivity contribution is 5.52. The van der Waals surface area contributed by atoms with Crippen molar-refractivity contribution < 1.29 is 4.74 Å². The molecule has 0 aliphatic heterocycles. The first-order valence-electron chi connectivity index (χ1n) is 6.40. The maximum Gasteiger partial charge on any atom is 0.119 e. The molecule has 0 aromatic heterocycles. The molecule has 0 spiro atoms. The van der Waals surface area contributed by atoms with Gasteiger partial charge in [0.1, 0.15) is 5.75 Å². The van der Waals surface area contributed by atoms with E-state index in [0.29, 0.717) is 6.04 Å². The molecule has 2 nitrogen and oxygen atoms in total. The highest BCUT2D eigenvalue weighted by Crippen LogP contribution is 2.14. The van der Waals surface area contributed by atoms with Gasteiger partial charge in [0, 0.05) is 6.04 Å². The molecule has 1 atom stereocenters. The summed E-state index contributed by atoms with van der Waals surface area (Å²) < 4.78 is 5.60. The van der Waals surface area contributed by atoms with Crippen LogP contribution in [0, 0.1) is 0 Å². The molecule has 0 radical (unpaired) electrons. The maximum absolute atomic E-state index is 5.60. The van der Waals surface area contributed by atoms with E-state index >= 15 is 0 Å². The summed E-state index contributed by atoms with van der Waals surface area (Å²) >= 11 is 0. The van der Waals surface area contributed by atoms with Crippen molar-refractivity contribution in [3.63, 3.8) is 0 Å². The van der Waals surface area contributed by atoms with Crippen LogP contribution in [0.25, 0.3) is 6.08 Å². The minimum absolute atomic E-state index is 0.403. The van der Waals surface area contributed by atoms with Crippen LogP contribution in [0.4, 0.5) is 0 Å². The molecule has 0 fully saturated rings. The fraction of sp³-hybridized carbons (Fsp3) is 0.467. The minimum atomic E-state index is 0.403. The quantitative estimate of drug-likeness (QED) is 0.778. The molecule has 94 valence electrons. The molecule has 0 aliphatic carbocycles. The third kappa shape index (κ3) is 5.55. The van der Waals surface area contributed by atoms with E-state index in [-0.39, 0.29) is 0 Å². The topological polar surface area (TPSA) is 21.3 Å². The predicted molar refractivity (Wildman–Crippen MR) is 74.4 cm³/mol. The van der Waals surface area contributed by atoms with Gasteiger partial charge in [-0.25, -0.2) is 0 Å². The maximum atomic E-state index is 5.60. The van der Waals surface area contributed by atoms with Crippen LogP contribution in [0.3, 0.4) is 0 Å². The SMILES string of the molecule is CCCOc1cccc(/C=C/C(C)NCC)c1. The molecule has 1 unspecified atom stereocenters. The molecule has 0 saturated heterocycles. The summed E-state index contributed by atoms with van der Waals surface area (Å²) in [5.74, 6) is 0.949. The van der Waals surface area contributed by atoms with Crippen LogP contribution in [0.2, 0.25) is 0 Å². The molecule has 0 amide bonds. The molecule has 0 heterocycles. The normalized spacial score (nSPS) is 12.9. The molecule has 17 heavy (non-hydrogen) atoms. The van der Waals surface area contributed by atoms with Crippen molar-refractivity contribution in [1.29, 1.82) is 0 Å². The van der Waals surface area contributed by atoms with Gasteiger partial charge < -0.3 is 10.1 Å². The number of hydrogen-bond acceptors (Lipinski definition) is 2. The molecule has 2 heteroatoms.